The topological polar surface area (TPSA) is 24.4 Å². The summed E-state index contributed by atoms with van der Waals surface area (Å²) in [6, 6.07) is 0. The molecule has 0 atom stereocenters. The molecule has 0 aliphatic rings. The molecule has 1 N–H and O–H groups in total. The van der Waals surface area contributed by atoms with E-state index in [1.54, 1.807) is 0 Å². The third-order valence-corrected chi connectivity index (χ3v) is 7.19. The van der Waals surface area contributed by atoms with E-state index in [-0.39, 0.29) is 0 Å². The minimum atomic E-state index is -2.71. The number of hydrogen-bond acceptors (Lipinski definition) is 1. The van der Waals surface area contributed by atoms with Crippen molar-refractivity contribution in [1.29, 1.82) is 0 Å². The van der Waals surface area contributed by atoms with Gasteiger partial charge in [0.05, 0.1) is 0 Å². The van der Waals surface area contributed by atoms with Crippen LogP contribution in [0, 0.1) is 0 Å². The highest BCUT2D eigenvalue weighted by Crippen LogP contribution is 2.70. The molecule has 0 saturated carbocycles. The lowest BCUT2D eigenvalue weighted by atomic mass is 10.3. The maximum atomic E-state index is 5.85. The molecule has 0 rings (SSSR count). The Kier molecular flexibility index (Phi) is 7.56. The molecule has 0 radical (unpaired) electrons. The number of hydrogen-bond donors (Lipinski definition) is 1. The van der Waals surface area contributed by atoms with Gasteiger partial charge in [0, 0.05) is 6.54 Å². The maximum absolute atomic E-state index is 5.85. The van der Waals surface area contributed by atoms with Gasteiger partial charge in [-0.15, -0.1) is 0 Å². The highest BCUT2D eigenvalue weighted by molar-refractivity contribution is 8.40. The monoisotopic (exact) mass is 320 g/mol. The van der Waals surface area contributed by atoms with Crippen molar-refractivity contribution in [3.05, 3.63) is 0 Å². The standard InChI is InChI=1S/C4H10Cl4N2P2S/c1-2-3-4-9-11(5,6)10-12(7,8)13/h9H,2-4H2,1H3. The Morgan fingerprint density at radius 1 is 1.31 bits per heavy atom. The van der Waals surface area contributed by atoms with E-state index in [1.807, 2.05) is 0 Å². The zero-order valence-electron chi connectivity index (χ0n) is 6.88. The Bertz CT molecular complexity index is 247. The van der Waals surface area contributed by atoms with Gasteiger partial charge in [-0.25, -0.2) is 0 Å². The summed E-state index contributed by atoms with van der Waals surface area (Å²) in [5.74, 6) is -2.59. The largest absolute Gasteiger partial charge is 0.259 e. The van der Waals surface area contributed by atoms with E-state index in [2.05, 4.69) is 16.5 Å². The second kappa shape index (κ2) is 6.55. The average molecular weight is 322 g/mol. The van der Waals surface area contributed by atoms with Crippen LogP contribution in [-0.2, 0) is 11.8 Å². The lowest BCUT2D eigenvalue weighted by molar-refractivity contribution is 0.773. The molecule has 0 aromatic carbocycles. The average Bonchev–Trinajstić information content (AvgIpc) is 1.81. The number of unbranched alkanes of at least 4 members (excludes halogenated alkanes) is 1. The van der Waals surface area contributed by atoms with E-state index in [4.69, 9.17) is 56.8 Å². The van der Waals surface area contributed by atoms with Gasteiger partial charge in [-0.2, -0.15) is 4.52 Å². The van der Waals surface area contributed by atoms with Crippen molar-refractivity contribution in [2.45, 2.75) is 19.8 Å². The predicted molar refractivity (Wildman–Crippen MR) is 70.0 cm³/mol. The Morgan fingerprint density at radius 3 is 2.23 bits per heavy atom. The van der Waals surface area contributed by atoms with Crippen molar-refractivity contribution in [3.63, 3.8) is 0 Å². The Hall–Kier alpha value is 2.00. The van der Waals surface area contributed by atoms with Crippen LogP contribution in [0.3, 0.4) is 0 Å². The van der Waals surface area contributed by atoms with Crippen LogP contribution in [0.25, 0.3) is 0 Å². The molecule has 2 nitrogen and oxygen atoms in total. The predicted octanol–water partition coefficient (Wildman–Crippen LogP) is 5.50. The molecular formula is C4H10Cl4N2P2S. The SMILES string of the molecule is CCCCNP(Cl)(Cl)=NP(=S)(Cl)Cl. The molecule has 0 spiro atoms. The molecule has 0 aromatic heterocycles. The third-order valence-electron chi connectivity index (χ3n) is 1.05. The van der Waals surface area contributed by atoms with Crippen molar-refractivity contribution < 1.29 is 0 Å². The second-order valence-electron chi connectivity index (χ2n) is 2.27. The summed E-state index contributed by atoms with van der Waals surface area (Å²) in [4.78, 5) is -2.71. The van der Waals surface area contributed by atoms with Crippen LogP contribution in [-0.4, -0.2) is 6.54 Å². The Labute approximate surface area is 103 Å². The highest BCUT2D eigenvalue weighted by atomic mass is 35.9. The molecule has 0 aromatic rings. The van der Waals surface area contributed by atoms with E-state index in [0.29, 0.717) is 6.54 Å². The first-order chi connectivity index (χ1) is 5.77. The molecule has 0 saturated heterocycles. The van der Waals surface area contributed by atoms with Crippen LogP contribution < -0.4 is 5.09 Å². The quantitative estimate of drug-likeness (QED) is 0.534. The molecule has 80 valence electrons. The fraction of sp³-hybridized carbons (Fsp3) is 1.00. The molecule has 0 unspecified atom stereocenters. The summed E-state index contributed by atoms with van der Waals surface area (Å²) in [5, 5.41) is 2.88. The molecule has 0 aliphatic carbocycles. The fourth-order valence-corrected chi connectivity index (χ4v) is 9.39. The smallest absolute Gasteiger partial charge is 0.227 e. The lowest BCUT2D eigenvalue weighted by Gasteiger charge is -2.11. The van der Waals surface area contributed by atoms with Gasteiger partial charge in [0.1, 0.15) is 0 Å². The van der Waals surface area contributed by atoms with Gasteiger partial charge in [-0.3, -0.25) is 5.09 Å². The van der Waals surface area contributed by atoms with Crippen LogP contribution in [0.15, 0.2) is 4.52 Å². The van der Waals surface area contributed by atoms with Crippen molar-refractivity contribution in [2.24, 2.45) is 4.52 Å². The van der Waals surface area contributed by atoms with Crippen LogP contribution in [0.2, 0.25) is 0 Å². The van der Waals surface area contributed by atoms with Gasteiger partial charge in [0.15, 0.2) is 0 Å². The highest BCUT2D eigenvalue weighted by Gasteiger charge is 2.16. The summed E-state index contributed by atoms with van der Waals surface area (Å²) in [5.41, 5.74) is 0. The summed E-state index contributed by atoms with van der Waals surface area (Å²) in [7, 11) is 0. The minimum absolute atomic E-state index is 0.698. The van der Waals surface area contributed by atoms with Crippen molar-refractivity contribution in [1.82, 2.24) is 5.09 Å². The van der Waals surface area contributed by atoms with Crippen LogP contribution in [0.1, 0.15) is 19.8 Å². The Morgan fingerprint density at radius 2 is 1.85 bits per heavy atom. The third kappa shape index (κ3) is 10.3. The van der Waals surface area contributed by atoms with Crippen LogP contribution in [0.5, 0.6) is 0 Å². The first kappa shape index (κ1) is 15.0. The molecule has 9 heteroatoms. The van der Waals surface area contributed by atoms with Crippen molar-refractivity contribution in [2.75, 3.05) is 6.54 Å². The van der Waals surface area contributed by atoms with E-state index in [9.17, 15) is 0 Å². The normalized spacial score (nSPS) is 13.0. The van der Waals surface area contributed by atoms with Gasteiger partial charge in [0.25, 0.3) is 0 Å². The summed E-state index contributed by atoms with van der Waals surface area (Å²) >= 11 is 27.5. The van der Waals surface area contributed by atoms with Gasteiger partial charge >= 0.3 is 0 Å². The van der Waals surface area contributed by atoms with Gasteiger partial charge in [0.2, 0.25) is 10.8 Å². The first-order valence-electron chi connectivity index (χ1n) is 3.54. The number of rotatable bonds is 5. The zero-order valence-corrected chi connectivity index (χ0v) is 12.5. The van der Waals surface area contributed by atoms with Gasteiger partial charge < -0.3 is 0 Å². The molecule has 0 bridgehead atoms. The zero-order chi connectivity index (χ0) is 10.5. The molecule has 0 heterocycles. The first-order valence-corrected chi connectivity index (χ1v) is 11.7. The minimum Gasteiger partial charge on any atom is -0.259 e. The molecule has 0 aliphatic heterocycles. The van der Waals surface area contributed by atoms with E-state index >= 15 is 0 Å². The summed E-state index contributed by atoms with van der Waals surface area (Å²) in [6.07, 6.45) is 2.03. The van der Waals surface area contributed by atoms with Crippen LogP contribution in [0.4, 0.5) is 0 Å². The number of nitrogens with zero attached hydrogens (tertiary/aromatic N) is 1. The van der Waals surface area contributed by atoms with E-state index in [1.165, 1.54) is 0 Å². The maximum Gasteiger partial charge on any atom is 0.227 e. The van der Waals surface area contributed by atoms with Crippen molar-refractivity contribution >= 4 is 67.6 Å². The van der Waals surface area contributed by atoms with Crippen LogP contribution >= 0.6 is 55.8 Å². The molecule has 0 amide bonds. The Balaban J connectivity index is 4.23. The molecular weight excluding hydrogens is 312 g/mol. The summed E-state index contributed by atoms with van der Waals surface area (Å²) in [6.45, 7) is 2.76. The van der Waals surface area contributed by atoms with Crippen molar-refractivity contribution in [3.8, 4) is 0 Å². The molecule has 0 fully saturated rings. The summed E-state index contributed by atoms with van der Waals surface area (Å²) < 4.78 is 3.80. The molecule has 13 heavy (non-hydrogen) atoms. The van der Waals surface area contributed by atoms with E-state index < -0.39 is 10.8 Å². The second-order valence-corrected chi connectivity index (χ2v) is 14.8. The lowest BCUT2D eigenvalue weighted by Crippen LogP contribution is -2.05. The van der Waals surface area contributed by atoms with Gasteiger partial charge in [-0.05, 0) is 63.2 Å². The fourth-order valence-electron chi connectivity index (χ4n) is 0.553. The number of nitrogens with one attached hydrogen (secondary N) is 1. The van der Waals surface area contributed by atoms with Gasteiger partial charge in [-0.1, -0.05) is 13.3 Å². The van der Waals surface area contributed by atoms with E-state index in [0.717, 1.165) is 12.8 Å². The number of halogens is 4.